The van der Waals surface area contributed by atoms with Gasteiger partial charge in [0.1, 0.15) is 5.76 Å². The van der Waals surface area contributed by atoms with Crippen LogP contribution in [-0.4, -0.2) is 24.1 Å². The number of anilines is 1. The van der Waals surface area contributed by atoms with E-state index in [1.165, 1.54) is 7.11 Å². The van der Waals surface area contributed by atoms with Crippen LogP contribution in [0.1, 0.15) is 32.9 Å². The summed E-state index contributed by atoms with van der Waals surface area (Å²) in [7, 11) is 1.32. The number of aromatic nitrogens is 1. The molecule has 0 saturated carbocycles. The van der Waals surface area contributed by atoms with Crippen LogP contribution in [0.4, 0.5) is 5.69 Å². The zero-order valence-corrected chi connectivity index (χ0v) is 13.0. The molecule has 0 unspecified atom stereocenters. The maximum Gasteiger partial charge on any atom is 0.337 e. The van der Waals surface area contributed by atoms with Crippen molar-refractivity contribution in [3.8, 4) is 0 Å². The van der Waals surface area contributed by atoms with Gasteiger partial charge >= 0.3 is 5.97 Å². The summed E-state index contributed by atoms with van der Waals surface area (Å²) < 4.78 is 9.72. The Morgan fingerprint density at radius 3 is 2.59 bits per heavy atom. The second kappa shape index (κ2) is 6.43. The predicted molar refractivity (Wildman–Crippen MR) is 80.8 cm³/mol. The molecule has 0 fully saturated rings. The number of hydrogen-bond acceptors (Lipinski definition) is 5. The first-order chi connectivity index (χ1) is 10.4. The smallest absolute Gasteiger partial charge is 0.337 e. The van der Waals surface area contributed by atoms with E-state index in [4.69, 9.17) is 4.52 Å². The van der Waals surface area contributed by atoms with Gasteiger partial charge in [0.05, 0.1) is 24.8 Å². The predicted octanol–water partition coefficient (Wildman–Crippen LogP) is 2.57. The first-order valence-electron chi connectivity index (χ1n) is 6.83. The number of benzene rings is 1. The van der Waals surface area contributed by atoms with Crippen LogP contribution in [0.15, 0.2) is 22.7 Å². The average Bonchev–Trinajstić information content (AvgIpc) is 2.80. The fourth-order valence-corrected chi connectivity index (χ4v) is 2.11. The summed E-state index contributed by atoms with van der Waals surface area (Å²) in [5.41, 5.74) is 3.31. The van der Waals surface area contributed by atoms with Crippen LogP contribution < -0.4 is 5.32 Å². The summed E-state index contributed by atoms with van der Waals surface area (Å²) in [6.45, 7) is 5.42. The van der Waals surface area contributed by atoms with Gasteiger partial charge in [-0.15, -0.1) is 0 Å². The number of nitrogens with zero attached hydrogens (tertiary/aromatic N) is 1. The zero-order chi connectivity index (χ0) is 16.3. The molecule has 0 atom stereocenters. The average molecular weight is 302 g/mol. The summed E-state index contributed by atoms with van der Waals surface area (Å²) in [4.78, 5) is 23.7. The van der Waals surface area contributed by atoms with E-state index in [-0.39, 0.29) is 12.3 Å². The van der Waals surface area contributed by atoms with E-state index >= 15 is 0 Å². The normalized spacial score (nSPS) is 10.4. The summed E-state index contributed by atoms with van der Waals surface area (Å²) in [6, 6.07) is 5.02. The van der Waals surface area contributed by atoms with E-state index in [0.717, 1.165) is 11.1 Å². The Labute approximate surface area is 128 Å². The molecule has 22 heavy (non-hydrogen) atoms. The van der Waals surface area contributed by atoms with Crippen LogP contribution in [0, 0.1) is 20.8 Å². The van der Waals surface area contributed by atoms with Gasteiger partial charge in [0.25, 0.3) is 0 Å². The molecule has 0 aliphatic rings. The maximum atomic E-state index is 12.2. The van der Waals surface area contributed by atoms with Crippen LogP contribution in [0.5, 0.6) is 0 Å². The topological polar surface area (TPSA) is 81.4 Å². The van der Waals surface area contributed by atoms with Gasteiger partial charge in [-0.25, -0.2) is 4.79 Å². The molecule has 0 radical (unpaired) electrons. The Kier molecular flexibility index (Phi) is 4.60. The largest absolute Gasteiger partial charge is 0.465 e. The van der Waals surface area contributed by atoms with Crippen LogP contribution >= 0.6 is 0 Å². The minimum absolute atomic E-state index is 0.170. The van der Waals surface area contributed by atoms with Gasteiger partial charge in [0, 0.05) is 11.3 Å². The highest BCUT2D eigenvalue weighted by Crippen LogP contribution is 2.19. The fourth-order valence-electron chi connectivity index (χ4n) is 2.11. The monoisotopic (exact) mass is 302 g/mol. The van der Waals surface area contributed by atoms with Gasteiger partial charge in [-0.05, 0) is 38.5 Å². The second-order valence-electron chi connectivity index (χ2n) is 5.05. The molecule has 6 nitrogen and oxygen atoms in total. The highest BCUT2D eigenvalue weighted by molar-refractivity contribution is 5.96. The van der Waals surface area contributed by atoms with Gasteiger partial charge in [-0.3, -0.25) is 4.79 Å². The van der Waals surface area contributed by atoms with E-state index in [0.29, 0.717) is 22.7 Å². The lowest BCUT2D eigenvalue weighted by molar-refractivity contribution is -0.115. The molecule has 2 rings (SSSR count). The van der Waals surface area contributed by atoms with Gasteiger partial charge in [0.15, 0.2) is 0 Å². The van der Waals surface area contributed by atoms with Gasteiger partial charge in [0.2, 0.25) is 5.91 Å². The zero-order valence-electron chi connectivity index (χ0n) is 13.0. The fraction of sp³-hybridized carbons (Fsp3) is 0.312. The highest BCUT2D eigenvalue weighted by Gasteiger charge is 2.15. The number of carbonyl (C=O) groups excluding carboxylic acids is 2. The molecule has 0 bridgehead atoms. The lowest BCUT2D eigenvalue weighted by Crippen LogP contribution is -2.16. The van der Waals surface area contributed by atoms with E-state index in [1.54, 1.807) is 32.0 Å². The number of amides is 1. The molecule has 1 aromatic carbocycles. The van der Waals surface area contributed by atoms with Crippen LogP contribution in [0.25, 0.3) is 0 Å². The second-order valence-corrected chi connectivity index (χ2v) is 5.05. The van der Waals surface area contributed by atoms with Crippen molar-refractivity contribution in [3.05, 3.63) is 46.3 Å². The number of rotatable bonds is 4. The summed E-state index contributed by atoms with van der Waals surface area (Å²) in [5, 5.41) is 6.63. The van der Waals surface area contributed by atoms with E-state index in [2.05, 4.69) is 15.2 Å². The molecule has 0 aliphatic heterocycles. The molecule has 1 aromatic heterocycles. The third-order valence-electron chi connectivity index (χ3n) is 3.45. The molecule has 0 aliphatic carbocycles. The Hall–Kier alpha value is -2.63. The molecule has 0 saturated heterocycles. The maximum absolute atomic E-state index is 12.2. The van der Waals surface area contributed by atoms with Crippen molar-refractivity contribution in [2.45, 2.75) is 27.2 Å². The van der Waals surface area contributed by atoms with Gasteiger partial charge in [-0.1, -0.05) is 11.2 Å². The van der Waals surface area contributed by atoms with E-state index in [1.807, 2.05) is 6.92 Å². The van der Waals surface area contributed by atoms with Crippen molar-refractivity contribution < 1.29 is 18.8 Å². The highest BCUT2D eigenvalue weighted by atomic mass is 16.5. The SMILES string of the molecule is COC(=O)c1ccc(C)c(NC(=O)Cc2c(C)noc2C)c1. The van der Waals surface area contributed by atoms with Crippen LogP contribution in [0.3, 0.4) is 0 Å². The minimum atomic E-state index is -0.443. The number of ether oxygens (including phenoxy) is 1. The number of esters is 1. The van der Waals surface area contributed by atoms with Gasteiger partial charge < -0.3 is 14.6 Å². The molecule has 6 heteroatoms. The van der Waals surface area contributed by atoms with Crippen molar-refractivity contribution in [1.82, 2.24) is 5.16 Å². The molecular formula is C16H18N2O4. The Bertz CT molecular complexity index is 699. The molecule has 1 amide bonds. The Morgan fingerprint density at radius 1 is 1.27 bits per heavy atom. The summed E-state index contributed by atoms with van der Waals surface area (Å²) in [5.74, 6) is -0.00609. The van der Waals surface area contributed by atoms with E-state index < -0.39 is 5.97 Å². The quantitative estimate of drug-likeness (QED) is 0.878. The van der Waals surface area contributed by atoms with E-state index in [9.17, 15) is 9.59 Å². The van der Waals surface area contributed by atoms with Crippen molar-refractivity contribution in [1.29, 1.82) is 0 Å². The van der Waals surface area contributed by atoms with Crippen molar-refractivity contribution in [3.63, 3.8) is 0 Å². The lowest BCUT2D eigenvalue weighted by atomic mass is 10.1. The standard InChI is InChI=1S/C16H18N2O4/c1-9-5-6-12(16(20)21-4)7-14(9)17-15(19)8-13-10(2)18-22-11(13)3/h5-7H,8H2,1-4H3,(H,17,19). The molecule has 1 heterocycles. The molecule has 0 spiro atoms. The summed E-state index contributed by atoms with van der Waals surface area (Å²) >= 11 is 0. The first kappa shape index (κ1) is 15.8. The third kappa shape index (κ3) is 3.33. The number of carbonyl (C=O) groups is 2. The number of methoxy groups -OCH3 is 1. The molecule has 1 N–H and O–H groups in total. The molecular weight excluding hydrogens is 284 g/mol. The molecule has 116 valence electrons. The number of nitrogens with one attached hydrogen (secondary N) is 1. The Balaban J connectivity index is 2.16. The van der Waals surface area contributed by atoms with Crippen molar-refractivity contribution in [2.24, 2.45) is 0 Å². The van der Waals surface area contributed by atoms with Crippen molar-refractivity contribution in [2.75, 3.05) is 12.4 Å². The van der Waals surface area contributed by atoms with Crippen LogP contribution in [0.2, 0.25) is 0 Å². The van der Waals surface area contributed by atoms with Crippen LogP contribution in [-0.2, 0) is 16.0 Å². The number of aryl methyl sites for hydroxylation is 3. The summed E-state index contributed by atoms with van der Waals surface area (Å²) in [6.07, 6.45) is 0.170. The number of hydrogen-bond donors (Lipinski definition) is 1. The van der Waals surface area contributed by atoms with Gasteiger partial charge in [-0.2, -0.15) is 0 Å². The first-order valence-corrected chi connectivity index (χ1v) is 6.83. The minimum Gasteiger partial charge on any atom is -0.465 e. The molecule has 2 aromatic rings. The van der Waals surface area contributed by atoms with Crippen molar-refractivity contribution >= 4 is 17.6 Å². The third-order valence-corrected chi connectivity index (χ3v) is 3.45. The Morgan fingerprint density at radius 2 is 2.00 bits per heavy atom. The lowest BCUT2D eigenvalue weighted by Gasteiger charge is -2.10.